The van der Waals surface area contributed by atoms with Gasteiger partial charge >= 0.3 is 0 Å². The summed E-state index contributed by atoms with van der Waals surface area (Å²) in [4.78, 5) is 13.2. The standard InChI is InChI=1S/C10H16N2OS/c1-4-5-6-11-7-8(12(2)3)9(13)10(7)14/h11H,4-6H2,1-3H3. The van der Waals surface area contributed by atoms with Crippen LogP contribution >= 0.6 is 12.2 Å². The summed E-state index contributed by atoms with van der Waals surface area (Å²) in [6.45, 7) is 3.02. The van der Waals surface area contributed by atoms with Crippen molar-refractivity contribution in [3.63, 3.8) is 0 Å². The van der Waals surface area contributed by atoms with E-state index < -0.39 is 0 Å². The van der Waals surface area contributed by atoms with E-state index in [0.29, 0.717) is 10.2 Å². The zero-order valence-electron chi connectivity index (χ0n) is 8.89. The summed E-state index contributed by atoms with van der Waals surface area (Å²) in [5.41, 5.74) is 1.55. The Hall–Kier alpha value is -0.900. The van der Waals surface area contributed by atoms with Gasteiger partial charge in [0.1, 0.15) is 10.2 Å². The van der Waals surface area contributed by atoms with E-state index in [2.05, 4.69) is 12.2 Å². The van der Waals surface area contributed by atoms with Gasteiger partial charge in [-0.25, -0.2) is 0 Å². The van der Waals surface area contributed by atoms with Crippen molar-refractivity contribution in [1.82, 2.24) is 0 Å². The molecule has 0 saturated heterocycles. The van der Waals surface area contributed by atoms with E-state index in [1.807, 2.05) is 19.0 Å². The van der Waals surface area contributed by atoms with E-state index in [0.717, 1.165) is 25.1 Å². The van der Waals surface area contributed by atoms with Crippen LogP contribution in [0.3, 0.4) is 0 Å². The maximum atomic E-state index is 11.4. The second kappa shape index (κ2) is 4.55. The lowest BCUT2D eigenvalue weighted by Gasteiger charge is -2.20. The Morgan fingerprint density at radius 2 is 2.07 bits per heavy atom. The molecule has 0 aromatic heterocycles. The van der Waals surface area contributed by atoms with Gasteiger partial charge in [0, 0.05) is 20.6 Å². The number of unbranched alkanes of at least 4 members (excludes halogenated alkanes) is 1. The van der Waals surface area contributed by atoms with Crippen molar-refractivity contribution in [1.29, 1.82) is 0 Å². The summed E-state index contributed by atoms with van der Waals surface area (Å²) >= 11 is 4.98. The fourth-order valence-electron chi connectivity index (χ4n) is 1.36. The number of nitrogens with zero attached hydrogens (tertiary/aromatic N) is 1. The predicted octanol–water partition coefficient (Wildman–Crippen LogP) is 1.93. The molecule has 0 bridgehead atoms. The van der Waals surface area contributed by atoms with Crippen molar-refractivity contribution in [3.05, 3.63) is 14.7 Å². The number of hydrogen-bond donors (Lipinski definition) is 1. The van der Waals surface area contributed by atoms with Crippen molar-refractivity contribution in [2.45, 2.75) is 19.8 Å². The lowest BCUT2D eigenvalue weighted by molar-refractivity contribution is 0.832. The molecule has 3 nitrogen and oxygen atoms in total. The van der Waals surface area contributed by atoms with Crippen molar-refractivity contribution in [2.24, 2.45) is 0 Å². The van der Waals surface area contributed by atoms with Gasteiger partial charge in [0.05, 0.1) is 5.69 Å². The maximum absolute atomic E-state index is 11.4. The van der Waals surface area contributed by atoms with Gasteiger partial charge in [-0.3, -0.25) is 4.79 Å². The van der Waals surface area contributed by atoms with Crippen LogP contribution in [0.2, 0.25) is 0 Å². The van der Waals surface area contributed by atoms with Crippen LogP contribution in [0.1, 0.15) is 19.8 Å². The molecule has 0 aliphatic heterocycles. The first-order valence-electron chi connectivity index (χ1n) is 4.84. The number of anilines is 2. The van der Waals surface area contributed by atoms with Gasteiger partial charge in [0.2, 0.25) is 5.43 Å². The molecular weight excluding hydrogens is 196 g/mol. The first kappa shape index (κ1) is 11.2. The highest BCUT2D eigenvalue weighted by Gasteiger charge is 2.18. The van der Waals surface area contributed by atoms with Crippen LogP contribution < -0.4 is 15.6 Å². The highest BCUT2D eigenvalue weighted by Crippen LogP contribution is 2.24. The van der Waals surface area contributed by atoms with Crippen LogP contribution in [0.5, 0.6) is 0 Å². The molecule has 1 rings (SSSR count). The Morgan fingerprint density at radius 1 is 1.43 bits per heavy atom. The average Bonchev–Trinajstić information content (AvgIpc) is 2.15. The Bertz CT molecular complexity index is 377. The second-order valence-electron chi connectivity index (χ2n) is 3.56. The Balaban J connectivity index is 2.73. The minimum Gasteiger partial charge on any atom is -0.382 e. The molecule has 1 N–H and O–H groups in total. The number of hydrogen-bond acceptors (Lipinski definition) is 4. The third kappa shape index (κ3) is 1.95. The summed E-state index contributed by atoms with van der Waals surface area (Å²) in [6, 6.07) is 0. The Morgan fingerprint density at radius 3 is 2.57 bits per heavy atom. The van der Waals surface area contributed by atoms with E-state index in [-0.39, 0.29) is 5.43 Å². The van der Waals surface area contributed by atoms with Gasteiger partial charge in [-0.1, -0.05) is 25.6 Å². The lowest BCUT2D eigenvalue weighted by Crippen LogP contribution is -2.26. The molecule has 4 heteroatoms. The molecule has 1 aromatic carbocycles. The molecule has 0 aliphatic carbocycles. The first-order valence-corrected chi connectivity index (χ1v) is 5.25. The van der Waals surface area contributed by atoms with Gasteiger partial charge in [0.15, 0.2) is 0 Å². The van der Waals surface area contributed by atoms with Crippen molar-refractivity contribution < 1.29 is 0 Å². The summed E-state index contributed by atoms with van der Waals surface area (Å²) in [5, 5.41) is 3.21. The summed E-state index contributed by atoms with van der Waals surface area (Å²) in [5.74, 6) is 0. The lowest BCUT2D eigenvalue weighted by atomic mass is 10.2. The second-order valence-corrected chi connectivity index (χ2v) is 3.96. The predicted molar refractivity (Wildman–Crippen MR) is 63.6 cm³/mol. The molecule has 78 valence electrons. The van der Waals surface area contributed by atoms with Gasteiger partial charge in [0.25, 0.3) is 0 Å². The van der Waals surface area contributed by atoms with E-state index in [1.165, 1.54) is 0 Å². The monoisotopic (exact) mass is 212 g/mol. The number of nitrogens with one attached hydrogen (secondary N) is 1. The molecule has 0 radical (unpaired) electrons. The summed E-state index contributed by atoms with van der Waals surface area (Å²) < 4.78 is 0.449. The number of rotatable bonds is 5. The largest absolute Gasteiger partial charge is 0.382 e. The van der Waals surface area contributed by atoms with Crippen LogP contribution in [-0.2, 0) is 0 Å². The maximum Gasteiger partial charge on any atom is 0.224 e. The molecule has 1 aromatic rings. The van der Waals surface area contributed by atoms with Gasteiger partial charge in [-0.15, -0.1) is 0 Å². The Labute approximate surface area is 89.4 Å². The van der Waals surface area contributed by atoms with Crippen LogP contribution in [0, 0.1) is 4.51 Å². The normalized spacial score (nSPS) is 10.5. The molecule has 0 atom stereocenters. The topological polar surface area (TPSA) is 32.3 Å². The quantitative estimate of drug-likeness (QED) is 0.597. The van der Waals surface area contributed by atoms with E-state index in [9.17, 15) is 4.79 Å². The molecule has 0 aliphatic rings. The minimum atomic E-state index is -0.0102. The molecular formula is C10H16N2OS. The van der Waals surface area contributed by atoms with Crippen LogP contribution in [0.15, 0.2) is 4.79 Å². The molecule has 0 fully saturated rings. The van der Waals surface area contributed by atoms with Crippen molar-refractivity contribution >= 4 is 23.6 Å². The molecule has 0 spiro atoms. The molecule has 14 heavy (non-hydrogen) atoms. The first-order chi connectivity index (χ1) is 6.59. The zero-order chi connectivity index (χ0) is 10.7. The minimum absolute atomic E-state index is 0.0102. The highest BCUT2D eigenvalue weighted by molar-refractivity contribution is 7.71. The van der Waals surface area contributed by atoms with Gasteiger partial charge in [-0.05, 0) is 6.42 Å². The molecule has 0 amide bonds. The fourth-order valence-corrected chi connectivity index (χ4v) is 1.63. The van der Waals surface area contributed by atoms with Gasteiger partial charge in [-0.2, -0.15) is 0 Å². The molecule has 0 saturated carbocycles. The van der Waals surface area contributed by atoms with Crippen molar-refractivity contribution in [3.8, 4) is 0 Å². The van der Waals surface area contributed by atoms with E-state index in [4.69, 9.17) is 12.2 Å². The Kier molecular flexibility index (Phi) is 3.63. The van der Waals surface area contributed by atoms with Crippen molar-refractivity contribution in [2.75, 3.05) is 30.9 Å². The molecule has 0 heterocycles. The SMILES string of the molecule is CCCCNc1c(N(C)C)c(=O)c1=S. The van der Waals surface area contributed by atoms with Crippen LogP contribution in [0.25, 0.3) is 0 Å². The third-order valence-electron chi connectivity index (χ3n) is 2.16. The van der Waals surface area contributed by atoms with Gasteiger partial charge < -0.3 is 10.2 Å². The summed E-state index contributed by atoms with van der Waals surface area (Å²) in [7, 11) is 3.72. The zero-order valence-corrected chi connectivity index (χ0v) is 9.70. The highest BCUT2D eigenvalue weighted by atomic mass is 32.1. The fraction of sp³-hybridized carbons (Fsp3) is 0.600. The van der Waals surface area contributed by atoms with Crippen LogP contribution in [0.4, 0.5) is 11.4 Å². The average molecular weight is 212 g/mol. The third-order valence-corrected chi connectivity index (χ3v) is 2.55. The van der Waals surface area contributed by atoms with E-state index in [1.54, 1.807) is 0 Å². The summed E-state index contributed by atoms with van der Waals surface area (Å²) in [6.07, 6.45) is 2.24. The van der Waals surface area contributed by atoms with E-state index >= 15 is 0 Å². The van der Waals surface area contributed by atoms with Crippen LogP contribution in [-0.4, -0.2) is 20.6 Å². The smallest absolute Gasteiger partial charge is 0.224 e. The molecule has 0 unspecified atom stereocenters.